The lowest BCUT2D eigenvalue weighted by molar-refractivity contribution is 0.305. The van der Waals surface area contributed by atoms with Gasteiger partial charge in [-0.05, 0) is 43.7 Å². The lowest BCUT2D eigenvalue weighted by Crippen LogP contribution is -2.07. The molecule has 0 radical (unpaired) electrons. The number of hydrogen-bond acceptors (Lipinski definition) is 3. The molecule has 0 aliphatic rings. The van der Waals surface area contributed by atoms with Gasteiger partial charge in [0.15, 0.2) is 0 Å². The molecule has 0 saturated carbocycles. The van der Waals surface area contributed by atoms with Crippen molar-refractivity contribution in [2.24, 2.45) is 5.73 Å². The average molecular weight is 296 g/mol. The summed E-state index contributed by atoms with van der Waals surface area (Å²) in [6.07, 6.45) is 1.07. The molecule has 0 saturated heterocycles. The third-order valence-corrected chi connectivity index (χ3v) is 4.34. The summed E-state index contributed by atoms with van der Waals surface area (Å²) in [5.41, 5.74) is 6.89. The van der Waals surface area contributed by atoms with Crippen LogP contribution in [-0.4, -0.2) is 0 Å². The molecule has 19 heavy (non-hydrogen) atoms. The van der Waals surface area contributed by atoms with Crippen LogP contribution in [0.2, 0.25) is 5.02 Å². The van der Waals surface area contributed by atoms with Gasteiger partial charge in [0.1, 0.15) is 12.4 Å². The van der Waals surface area contributed by atoms with E-state index in [1.165, 1.54) is 9.75 Å². The fraction of sp³-hybridized carbons (Fsp3) is 0.333. The lowest BCUT2D eigenvalue weighted by atomic mass is 10.1. The van der Waals surface area contributed by atoms with Crippen molar-refractivity contribution in [3.8, 4) is 5.75 Å². The van der Waals surface area contributed by atoms with Crippen molar-refractivity contribution in [3.63, 3.8) is 0 Å². The number of ether oxygens (including phenoxy) is 1. The van der Waals surface area contributed by atoms with Gasteiger partial charge in [-0.2, -0.15) is 0 Å². The molecule has 0 amide bonds. The topological polar surface area (TPSA) is 35.2 Å². The van der Waals surface area contributed by atoms with Crippen molar-refractivity contribution in [1.82, 2.24) is 0 Å². The summed E-state index contributed by atoms with van der Waals surface area (Å²) >= 11 is 7.78. The summed E-state index contributed by atoms with van der Waals surface area (Å²) in [6, 6.07) is 9.75. The molecule has 2 aromatic rings. The van der Waals surface area contributed by atoms with Gasteiger partial charge in [0.2, 0.25) is 0 Å². The number of aryl methyl sites for hydroxylation is 1. The summed E-state index contributed by atoms with van der Waals surface area (Å²) in [7, 11) is 0. The van der Waals surface area contributed by atoms with Crippen LogP contribution in [0.15, 0.2) is 30.3 Å². The number of hydrogen-bond donors (Lipinski definition) is 1. The molecule has 1 atom stereocenters. The second-order valence-corrected chi connectivity index (χ2v) is 6.17. The van der Waals surface area contributed by atoms with E-state index in [1.807, 2.05) is 25.1 Å². The lowest BCUT2D eigenvalue weighted by Gasteiger charge is -2.13. The minimum absolute atomic E-state index is 0.0942. The highest BCUT2D eigenvalue weighted by atomic mass is 35.5. The van der Waals surface area contributed by atoms with Gasteiger partial charge in [-0.3, -0.25) is 0 Å². The number of nitrogens with two attached hydrogens (primary N) is 1. The number of thiophene rings is 1. The van der Waals surface area contributed by atoms with Crippen molar-refractivity contribution in [2.75, 3.05) is 0 Å². The van der Waals surface area contributed by atoms with E-state index in [1.54, 1.807) is 11.3 Å². The van der Waals surface area contributed by atoms with Gasteiger partial charge in [0.05, 0.1) is 0 Å². The molecule has 1 heterocycles. The SMILES string of the molecule is CCc1ccc(COc2ccc(Cl)cc2[C@@H](C)N)s1. The summed E-state index contributed by atoms with van der Waals surface area (Å²) in [5, 5.41) is 0.684. The Labute approximate surface area is 123 Å². The average Bonchev–Trinajstić information content (AvgIpc) is 2.85. The van der Waals surface area contributed by atoms with Crippen LogP contribution in [0, 0.1) is 0 Å². The first-order valence-corrected chi connectivity index (χ1v) is 7.55. The first kappa shape index (κ1) is 14.4. The Bertz CT molecular complexity index is 551. The van der Waals surface area contributed by atoms with E-state index in [-0.39, 0.29) is 6.04 Å². The molecule has 4 heteroatoms. The largest absolute Gasteiger partial charge is 0.488 e. The van der Waals surface area contributed by atoms with Gasteiger partial charge in [0, 0.05) is 26.4 Å². The zero-order valence-electron chi connectivity index (χ0n) is 11.2. The van der Waals surface area contributed by atoms with Crippen LogP contribution in [0.1, 0.15) is 35.2 Å². The van der Waals surface area contributed by atoms with Gasteiger partial charge >= 0.3 is 0 Å². The first-order chi connectivity index (χ1) is 9.10. The number of benzene rings is 1. The van der Waals surface area contributed by atoms with Crippen molar-refractivity contribution >= 4 is 22.9 Å². The van der Waals surface area contributed by atoms with Crippen molar-refractivity contribution in [2.45, 2.75) is 32.9 Å². The zero-order chi connectivity index (χ0) is 13.8. The van der Waals surface area contributed by atoms with E-state index in [4.69, 9.17) is 22.1 Å². The molecular weight excluding hydrogens is 278 g/mol. The minimum Gasteiger partial charge on any atom is -0.488 e. The van der Waals surface area contributed by atoms with E-state index >= 15 is 0 Å². The smallest absolute Gasteiger partial charge is 0.124 e. The van der Waals surface area contributed by atoms with Crippen LogP contribution in [0.4, 0.5) is 0 Å². The van der Waals surface area contributed by atoms with Crippen molar-refractivity contribution in [3.05, 3.63) is 50.7 Å². The number of rotatable bonds is 5. The van der Waals surface area contributed by atoms with Crippen molar-refractivity contribution < 1.29 is 4.74 Å². The second-order valence-electron chi connectivity index (χ2n) is 4.48. The highest BCUT2D eigenvalue weighted by Crippen LogP contribution is 2.28. The molecule has 2 nitrogen and oxygen atoms in total. The van der Waals surface area contributed by atoms with Crippen LogP contribution in [0.25, 0.3) is 0 Å². The molecule has 1 aromatic carbocycles. The van der Waals surface area contributed by atoms with Crippen LogP contribution in [0.3, 0.4) is 0 Å². The van der Waals surface area contributed by atoms with E-state index < -0.39 is 0 Å². The van der Waals surface area contributed by atoms with Gasteiger partial charge in [-0.25, -0.2) is 0 Å². The van der Waals surface area contributed by atoms with Crippen LogP contribution >= 0.6 is 22.9 Å². The summed E-state index contributed by atoms with van der Waals surface area (Å²) in [4.78, 5) is 2.60. The van der Waals surface area contributed by atoms with Crippen molar-refractivity contribution in [1.29, 1.82) is 0 Å². The Kier molecular flexibility index (Phi) is 4.86. The Morgan fingerprint density at radius 2 is 2.00 bits per heavy atom. The Morgan fingerprint density at radius 1 is 1.26 bits per heavy atom. The Balaban J connectivity index is 2.10. The van der Waals surface area contributed by atoms with Gasteiger partial charge < -0.3 is 10.5 Å². The molecule has 2 rings (SSSR count). The van der Waals surface area contributed by atoms with E-state index in [0.29, 0.717) is 11.6 Å². The summed E-state index contributed by atoms with van der Waals surface area (Å²) in [6.45, 7) is 4.66. The summed E-state index contributed by atoms with van der Waals surface area (Å²) < 4.78 is 5.87. The minimum atomic E-state index is -0.0942. The molecule has 0 unspecified atom stereocenters. The monoisotopic (exact) mass is 295 g/mol. The second kappa shape index (κ2) is 6.42. The maximum atomic E-state index is 5.99. The number of halogens is 1. The summed E-state index contributed by atoms with van der Waals surface area (Å²) in [5.74, 6) is 0.811. The molecule has 0 aliphatic carbocycles. The fourth-order valence-corrected chi connectivity index (χ4v) is 2.90. The highest BCUT2D eigenvalue weighted by molar-refractivity contribution is 7.11. The molecule has 1 aromatic heterocycles. The standard InChI is InChI=1S/C15H18ClNOS/c1-3-12-5-6-13(19-12)9-18-15-7-4-11(16)8-14(15)10(2)17/h4-8,10H,3,9,17H2,1-2H3/t10-/m1/s1. The molecule has 0 spiro atoms. The molecule has 102 valence electrons. The quantitative estimate of drug-likeness (QED) is 0.877. The van der Waals surface area contributed by atoms with Crippen LogP contribution < -0.4 is 10.5 Å². The van der Waals surface area contributed by atoms with E-state index in [9.17, 15) is 0 Å². The zero-order valence-corrected chi connectivity index (χ0v) is 12.7. The maximum Gasteiger partial charge on any atom is 0.124 e. The van der Waals surface area contributed by atoms with E-state index in [0.717, 1.165) is 17.7 Å². The van der Waals surface area contributed by atoms with Crippen LogP contribution in [0.5, 0.6) is 5.75 Å². The normalized spacial score (nSPS) is 12.4. The van der Waals surface area contributed by atoms with Gasteiger partial charge in [-0.15, -0.1) is 11.3 Å². The van der Waals surface area contributed by atoms with E-state index in [2.05, 4.69) is 19.1 Å². The molecule has 2 N–H and O–H groups in total. The molecule has 0 aliphatic heterocycles. The predicted octanol–water partition coefficient (Wildman–Crippen LogP) is 4.56. The molecule has 0 bridgehead atoms. The first-order valence-electron chi connectivity index (χ1n) is 6.35. The molecule has 0 fully saturated rings. The third-order valence-electron chi connectivity index (χ3n) is 2.90. The van der Waals surface area contributed by atoms with Gasteiger partial charge in [-0.1, -0.05) is 18.5 Å². The Morgan fingerprint density at radius 3 is 2.63 bits per heavy atom. The third kappa shape index (κ3) is 3.72. The predicted molar refractivity (Wildman–Crippen MR) is 82.1 cm³/mol. The van der Waals surface area contributed by atoms with Crippen LogP contribution in [-0.2, 0) is 13.0 Å². The maximum absolute atomic E-state index is 5.99. The molecular formula is C15H18ClNOS. The fourth-order valence-electron chi connectivity index (χ4n) is 1.85. The van der Waals surface area contributed by atoms with Gasteiger partial charge in [0.25, 0.3) is 0 Å². The Hall–Kier alpha value is -1.03. The highest BCUT2D eigenvalue weighted by Gasteiger charge is 2.09.